The molecule has 0 aliphatic rings. The Morgan fingerprint density at radius 2 is 2.06 bits per heavy atom. The fraction of sp³-hybridized carbons (Fsp3) is 0.600. The molecule has 0 saturated heterocycles. The summed E-state index contributed by atoms with van der Waals surface area (Å²) in [6.45, 7) is 10.8. The minimum atomic E-state index is 0.363. The van der Waals surface area contributed by atoms with Gasteiger partial charge < -0.3 is 10.1 Å². The number of rotatable bonds is 7. The van der Waals surface area contributed by atoms with Crippen LogP contribution >= 0.6 is 11.6 Å². The number of hydrogen-bond acceptors (Lipinski definition) is 2. The van der Waals surface area contributed by atoms with Gasteiger partial charge in [-0.15, -0.1) is 0 Å². The van der Waals surface area contributed by atoms with E-state index in [-0.39, 0.29) is 0 Å². The predicted octanol–water partition coefficient (Wildman–Crippen LogP) is 3.80. The van der Waals surface area contributed by atoms with Crippen molar-refractivity contribution in [1.82, 2.24) is 5.32 Å². The molecule has 1 unspecified atom stereocenters. The Bertz CT molecular complexity index is 366. The van der Waals surface area contributed by atoms with Crippen LogP contribution in [0.5, 0.6) is 0 Å². The van der Waals surface area contributed by atoms with Gasteiger partial charge in [-0.2, -0.15) is 0 Å². The lowest BCUT2D eigenvalue weighted by Crippen LogP contribution is -2.37. The standard InChI is InChI=1S/C15H24ClNO/c1-5-18-10-15(11(2)3)17-9-13-7-6-12(4)8-14(13)16/h6-8,11,15,17H,5,9-10H2,1-4H3. The summed E-state index contributed by atoms with van der Waals surface area (Å²) in [5.41, 5.74) is 2.34. The first-order chi connectivity index (χ1) is 8.54. The van der Waals surface area contributed by atoms with Gasteiger partial charge in [0.2, 0.25) is 0 Å². The number of hydrogen-bond donors (Lipinski definition) is 1. The van der Waals surface area contributed by atoms with Gasteiger partial charge >= 0.3 is 0 Å². The highest BCUT2D eigenvalue weighted by atomic mass is 35.5. The van der Waals surface area contributed by atoms with E-state index in [0.717, 1.165) is 30.3 Å². The lowest BCUT2D eigenvalue weighted by atomic mass is 10.0. The van der Waals surface area contributed by atoms with Crippen LogP contribution in [0.2, 0.25) is 5.02 Å². The van der Waals surface area contributed by atoms with E-state index < -0.39 is 0 Å². The van der Waals surface area contributed by atoms with Gasteiger partial charge in [0.15, 0.2) is 0 Å². The number of ether oxygens (including phenoxy) is 1. The minimum Gasteiger partial charge on any atom is -0.380 e. The van der Waals surface area contributed by atoms with E-state index in [4.69, 9.17) is 16.3 Å². The molecule has 0 radical (unpaired) electrons. The van der Waals surface area contributed by atoms with Crippen molar-refractivity contribution in [1.29, 1.82) is 0 Å². The van der Waals surface area contributed by atoms with Gasteiger partial charge in [0, 0.05) is 24.2 Å². The molecule has 0 heterocycles. The van der Waals surface area contributed by atoms with E-state index in [0.29, 0.717) is 12.0 Å². The van der Waals surface area contributed by atoms with Gasteiger partial charge in [-0.25, -0.2) is 0 Å². The van der Waals surface area contributed by atoms with E-state index in [9.17, 15) is 0 Å². The largest absolute Gasteiger partial charge is 0.380 e. The van der Waals surface area contributed by atoms with Crippen LogP contribution in [0, 0.1) is 12.8 Å². The fourth-order valence-electron chi connectivity index (χ4n) is 1.77. The van der Waals surface area contributed by atoms with Crippen LogP contribution in [-0.2, 0) is 11.3 Å². The number of aryl methyl sites for hydroxylation is 1. The smallest absolute Gasteiger partial charge is 0.0622 e. The molecule has 3 heteroatoms. The molecule has 0 amide bonds. The molecule has 0 aliphatic carbocycles. The van der Waals surface area contributed by atoms with Crippen LogP contribution in [-0.4, -0.2) is 19.3 Å². The van der Waals surface area contributed by atoms with Gasteiger partial charge in [-0.05, 0) is 37.0 Å². The van der Waals surface area contributed by atoms with Crippen molar-refractivity contribution in [3.8, 4) is 0 Å². The Labute approximate surface area is 116 Å². The summed E-state index contributed by atoms with van der Waals surface area (Å²) >= 11 is 6.23. The molecule has 0 spiro atoms. The van der Waals surface area contributed by atoms with Crippen LogP contribution < -0.4 is 5.32 Å². The van der Waals surface area contributed by atoms with Crippen molar-refractivity contribution in [2.45, 2.75) is 40.3 Å². The molecule has 1 N–H and O–H groups in total. The second-order valence-electron chi connectivity index (χ2n) is 4.99. The molecule has 18 heavy (non-hydrogen) atoms. The maximum atomic E-state index is 6.23. The van der Waals surface area contributed by atoms with Crippen molar-refractivity contribution >= 4 is 11.6 Å². The number of halogens is 1. The Hall–Kier alpha value is -0.570. The molecule has 0 fully saturated rings. The second-order valence-corrected chi connectivity index (χ2v) is 5.39. The monoisotopic (exact) mass is 269 g/mol. The van der Waals surface area contributed by atoms with Crippen LogP contribution in [0.15, 0.2) is 18.2 Å². The third-order valence-corrected chi connectivity index (χ3v) is 3.42. The first-order valence-electron chi connectivity index (χ1n) is 6.60. The van der Waals surface area contributed by atoms with Crippen molar-refractivity contribution in [2.24, 2.45) is 5.92 Å². The predicted molar refractivity (Wildman–Crippen MR) is 78.1 cm³/mol. The highest BCUT2D eigenvalue weighted by Crippen LogP contribution is 2.17. The van der Waals surface area contributed by atoms with E-state index in [1.807, 2.05) is 13.0 Å². The van der Waals surface area contributed by atoms with Gasteiger partial charge in [0.25, 0.3) is 0 Å². The molecular formula is C15H24ClNO. The van der Waals surface area contributed by atoms with Gasteiger partial charge in [-0.3, -0.25) is 0 Å². The molecule has 1 aromatic rings. The quantitative estimate of drug-likeness (QED) is 0.813. The van der Waals surface area contributed by atoms with Crippen molar-refractivity contribution in [2.75, 3.05) is 13.2 Å². The van der Waals surface area contributed by atoms with Crippen LogP contribution in [0.3, 0.4) is 0 Å². The minimum absolute atomic E-state index is 0.363. The molecule has 102 valence electrons. The summed E-state index contributed by atoms with van der Waals surface area (Å²) in [6, 6.07) is 6.55. The Kier molecular flexibility index (Phi) is 6.69. The normalized spacial score (nSPS) is 13.0. The Balaban J connectivity index is 2.55. The summed E-state index contributed by atoms with van der Waals surface area (Å²) in [4.78, 5) is 0. The van der Waals surface area contributed by atoms with Crippen LogP contribution in [0.25, 0.3) is 0 Å². The molecule has 1 atom stereocenters. The third-order valence-electron chi connectivity index (χ3n) is 3.07. The van der Waals surface area contributed by atoms with E-state index >= 15 is 0 Å². The lowest BCUT2D eigenvalue weighted by Gasteiger charge is -2.22. The first-order valence-corrected chi connectivity index (χ1v) is 6.98. The average molecular weight is 270 g/mol. The molecule has 0 aliphatic heterocycles. The maximum Gasteiger partial charge on any atom is 0.0622 e. The highest BCUT2D eigenvalue weighted by molar-refractivity contribution is 6.31. The fourth-order valence-corrected chi connectivity index (χ4v) is 2.07. The molecule has 0 aromatic heterocycles. The van der Waals surface area contributed by atoms with E-state index in [2.05, 4.69) is 38.2 Å². The zero-order valence-electron chi connectivity index (χ0n) is 11.8. The third kappa shape index (κ3) is 4.97. The molecule has 1 rings (SSSR count). The Morgan fingerprint density at radius 3 is 2.61 bits per heavy atom. The van der Waals surface area contributed by atoms with Crippen molar-refractivity contribution in [3.05, 3.63) is 34.3 Å². The summed E-state index contributed by atoms with van der Waals surface area (Å²) in [6.07, 6.45) is 0. The summed E-state index contributed by atoms with van der Waals surface area (Å²) in [5.74, 6) is 0.542. The first kappa shape index (κ1) is 15.5. The van der Waals surface area contributed by atoms with Gasteiger partial charge in [0.1, 0.15) is 0 Å². The maximum absolute atomic E-state index is 6.23. The van der Waals surface area contributed by atoms with E-state index in [1.165, 1.54) is 5.56 Å². The van der Waals surface area contributed by atoms with Crippen molar-refractivity contribution in [3.63, 3.8) is 0 Å². The zero-order chi connectivity index (χ0) is 13.5. The SMILES string of the molecule is CCOCC(NCc1ccc(C)cc1Cl)C(C)C. The Morgan fingerprint density at radius 1 is 1.33 bits per heavy atom. The molecule has 0 bridgehead atoms. The number of benzene rings is 1. The molecule has 2 nitrogen and oxygen atoms in total. The average Bonchev–Trinajstić information content (AvgIpc) is 2.31. The lowest BCUT2D eigenvalue weighted by molar-refractivity contribution is 0.108. The van der Waals surface area contributed by atoms with Crippen molar-refractivity contribution < 1.29 is 4.74 Å². The molecule has 0 saturated carbocycles. The number of nitrogens with one attached hydrogen (secondary N) is 1. The van der Waals surface area contributed by atoms with E-state index in [1.54, 1.807) is 0 Å². The van der Waals surface area contributed by atoms with Gasteiger partial charge in [0.05, 0.1) is 6.61 Å². The van der Waals surface area contributed by atoms with Gasteiger partial charge in [-0.1, -0.05) is 37.6 Å². The summed E-state index contributed by atoms with van der Waals surface area (Å²) < 4.78 is 5.50. The molecular weight excluding hydrogens is 246 g/mol. The topological polar surface area (TPSA) is 21.3 Å². The highest BCUT2D eigenvalue weighted by Gasteiger charge is 2.13. The molecule has 1 aromatic carbocycles. The second kappa shape index (κ2) is 7.78. The van der Waals surface area contributed by atoms with Crippen LogP contribution in [0.4, 0.5) is 0 Å². The zero-order valence-corrected chi connectivity index (χ0v) is 12.6. The summed E-state index contributed by atoms with van der Waals surface area (Å²) in [7, 11) is 0. The summed E-state index contributed by atoms with van der Waals surface area (Å²) in [5, 5.41) is 4.36. The van der Waals surface area contributed by atoms with Crippen LogP contribution in [0.1, 0.15) is 31.9 Å².